The summed E-state index contributed by atoms with van der Waals surface area (Å²) in [5.74, 6) is 0.913. The molecule has 1 atom stereocenters. The van der Waals surface area contributed by atoms with E-state index in [-0.39, 0.29) is 24.3 Å². The molecule has 2 nitrogen and oxygen atoms in total. The lowest BCUT2D eigenvalue weighted by atomic mass is 9.81. The number of benzene rings is 1. The van der Waals surface area contributed by atoms with Crippen LogP contribution >= 0.6 is 12.4 Å². The van der Waals surface area contributed by atoms with Crippen molar-refractivity contribution < 1.29 is 9.13 Å². The molecule has 18 heavy (non-hydrogen) atoms. The van der Waals surface area contributed by atoms with E-state index in [0.717, 1.165) is 18.4 Å². The average Bonchev–Trinajstić information content (AvgIpc) is 2.39. The predicted octanol–water partition coefficient (Wildman–Crippen LogP) is 3.84. The molecule has 0 spiro atoms. The zero-order valence-electron chi connectivity index (χ0n) is 10.7. The molecular formula is C14H21ClFNO. The van der Waals surface area contributed by atoms with Gasteiger partial charge in [0.25, 0.3) is 0 Å². The Morgan fingerprint density at radius 3 is 2.56 bits per heavy atom. The normalized spacial score (nSPS) is 17.9. The molecule has 102 valence electrons. The smallest absolute Gasteiger partial charge is 0.123 e. The highest BCUT2D eigenvalue weighted by atomic mass is 35.5. The maximum Gasteiger partial charge on any atom is 0.123 e. The molecule has 0 amide bonds. The van der Waals surface area contributed by atoms with Crippen LogP contribution in [-0.4, -0.2) is 7.11 Å². The standard InChI is InChI=1S/C14H20FNO.ClH/c1-17-13-8-7-11(15)9-12(13)14(16)10-5-3-2-4-6-10;/h7-10,14H,2-6,16H2,1H3;1H/t14-;/m0./s1. The summed E-state index contributed by atoms with van der Waals surface area (Å²) in [6.45, 7) is 0. The van der Waals surface area contributed by atoms with Gasteiger partial charge in [0.1, 0.15) is 11.6 Å². The van der Waals surface area contributed by atoms with Crippen molar-refractivity contribution in [3.8, 4) is 5.75 Å². The Morgan fingerprint density at radius 2 is 1.94 bits per heavy atom. The summed E-state index contributed by atoms with van der Waals surface area (Å²) in [6, 6.07) is 4.47. The number of rotatable bonds is 3. The van der Waals surface area contributed by atoms with Crippen LogP contribution < -0.4 is 10.5 Å². The molecule has 1 aromatic rings. The quantitative estimate of drug-likeness (QED) is 0.908. The molecule has 0 aromatic heterocycles. The van der Waals surface area contributed by atoms with Crippen LogP contribution in [0.3, 0.4) is 0 Å². The van der Waals surface area contributed by atoms with E-state index in [4.69, 9.17) is 10.5 Å². The summed E-state index contributed by atoms with van der Waals surface area (Å²) in [7, 11) is 1.60. The van der Waals surface area contributed by atoms with E-state index in [1.54, 1.807) is 13.2 Å². The van der Waals surface area contributed by atoms with Gasteiger partial charge in [-0.15, -0.1) is 12.4 Å². The third-order valence-electron chi connectivity index (χ3n) is 3.71. The van der Waals surface area contributed by atoms with E-state index in [1.807, 2.05) is 0 Å². The molecule has 0 aliphatic heterocycles. The summed E-state index contributed by atoms with van der Waals surface area (Å²) >= 11 is 0. The molecule has 2 N–H and O–H groups in total. The highest BCUT2D eigenvalue weighted by Gasteiger charge is 2.24. The molecule has 1 aliphatic rings. The van der Waals surface area contributed by atoms with E-state index in [9.17, 15) is 4.39 Å². The van der Waals surface area contributed by atoms with Crippen LogP contribution in [0.4, 0.5) is 4.39 Å². The van der Waals surface area contributed by atoms with E-state index in [2.05, 4.69) is 0 Å². The first-order valence-electron chi connectivity index (χ1n) is 6.31. The Kier molecular flexibility index (Phi) is 5.89. The van der Waals surface area contributed by atoms with Gasteiger partial charge in [-0.1, -0.05) is 19.3 Å². The van der Waals surface area contributed by atoms with Crippen molar-refractivity contribution in [1.82, 2.24) is 0 Å². The summed E-state index contributed by atoms with van der Waals surface area (Å²) < 4.78 is 18.6. The summed E-state index contributed by atoms with van der Waals surface area (Å²) in [6.07, 6.45) is 6.04. The van der Waals surface area contributed by atoms with Crippen molar-refractivity contribution in [3.63, 3.8) is 0 Å². The van der Waals surface area contributed by atoms with E-state index in [1.165, 1.54) is 31.4 Å². The van der Waals surface area contributed by atoms with Crippen molar-refractivity contribution in [3.05, 3.63) is 29.6 Å². The van der Waals surface area contributed by atoms with E-state index < -0.39 is 0 Å². The molecular weight excluding hydrogens is 253 g/mol. The second kappa shape index (κ2) is 6.95. The zero-order valence-corrected chi connectivity index (χ0v) is 11.5. The first-order chi connectivity index (χ1) is 8.22. The minimum absolute atomic E-state index is 0. The third kappa shape index (κ3) is 3.36. The van der Waals surface area contributed by atoms with Gasteiger partial charge >= 0.3 is 0 Å². The van der Waals surface area contributed by atoms with Crippen molar-refractivity contribution in [1.29, 1.82) is 0 Å². The molecule has 0 saturated heterocycles. The Labute approximate surface area is 114 Å². The van der Waals surface area contributed by atoms with Gasteiger partial charge < -0.3 is 10.5 Å². The van der Waals surface area contributed by atoms with E-state index >= 15 is 0 Å². The highest BCUT2D eigenvalue weighted by Crippen LogP contribution is 2.36. The van der Waals surface area contributed by atoms with Crippen LogP contribution in [0, 0.1) is 11.7 Å². The maximum absolute atomic E-state index is 13.3. The van der Waals surface area contributed by atoms with Gasteiger partial charge in [-0.3, -0.25) is 0 Å². The average molecular weight is 274 g/mol. The predicted molar refractivity (Wildman–Crippen MR) is 73.7 cm³/mol. The second-order valence-electron chi connectivity index (χ2n) is 4.81. The molecule has 1 aliphatic carbocycles. The van der Waals surface area contributed by atoms with Crippen LogP contribution in [0.15, 0.2) is 18.2 Å². The second-order valence-corrected chi connectivity index (χ2v) is 4.81. The molecule has 0 heterocycles. The summed E-state index contributed by atoms with van der Waals surface area (Å²) in [5, 5.41) is 0. The van der Waals surface area contributed by atoms with Crippen LogP contribution in [0.5, 0.6) is 5.75 Å². The molecule has 0 bridgehead atoms. The Balaban J connectivity index is 0.00000162. The van der Waals surface area contributed by atoms with Crippen molar-refractivity contribution in [2.75, 3.05) is 7.11 Å². The number of methoxy groups -OCH3 is 1. The molecule has 2 rings (SSSR count). The van der Waals surface area contributed by atoms with Gasteiger partial charge in [0.05, 0.1) is 7.11 Å². The molecule has 0 radical (unpaired) electrons. The van der Waals surface area contributed by atoms with Crippen LogP contribution in [0.2, 0.25) is 0 Å². The first-order valence-corrected chi connectivity index (χ1v) is 6.31. The lowest BCUT2D eigenvalue weighted by molar-refractivity contribution is 0.300. The monoisotopic (exact) mass is 273 g/mol. The number of nitrogens with two attached hydrogens (primary N) is 1. The Morgan fingerprint density at radius 1 is 1.28 bits per heavy atom. The molecule has 0 unspecified atom stereocenters. The fraction of sp³-hybridized carbons (Fsp3) is 0.571. The van der Waals surface area contributed by atoms with Gasteiger partial charge in [-0.25, -0.2) is 4.39 Å². The first kappa shape index (κ1) is 15.3. The van der Waals surface area contributed by atoms with Crippen molar-refractivity contribution >= 4 is 12.4 Å². The largest absolute Gasteiger partial charge is 0.496 e. The topological polar surface area (TPSA) is 35.2 Å². The molecule has 4 heteroatoms. The highest BCUT2D eigenvalue weighted by molar-refractivity contribution is 5.85. The fourth-order valence-corrected chi connectivity index (χ4v) is 2.71. The minimum atomic E-state index is -0.243. The fourth-order valence-electron chi connectivity index (χ4n) is 2.71. The van der Waals surface area contributed by atoms with Gasteiger partial charge in [0.2, 0.25) is 0 Å². The zero-order chi connectivity index (χ0) is 12.3. The molecule has 1 saturated carbocycles. The number of ether oxygens (including phenoxy) is 1. The molecule has 1 aromatic carbocycles. The van der Waals surface area contributed by atoms with Gasteiger partial charge in [-0.2, -0.15) is 0 Å². The lowest BCUT2D eigenvalue weighted by Gasteiger charge is -2.28. The van der Waals surface area contributed by atoms with Crippen LogP contribution in [0.1, 0.15) is 43.7 Å². The summed E-state index contributed by atoms with van der Waals surface area (Å²) in [4.78, 5) is 0. The van der Waals surface area contributed by atoms with Crippen LogP contribution in [0.25, 0.3) is 0 Å². The van der Waals surface area contributed by atoms with Crippen molar-refractivity contribution in [2.24, 2.45) is 11.7 Å². The minimum Gasteiger partial charge on any atom is -0.496 e. The number of hydrogen-bond acceptors (Lipinski definition) is 2. The maximum atomic E-state index is 13.3. The SMILES string of the molecule is COc1ccc(F)cc1[C@@H](N)C1CCCCC1.Cl. The van der Waals surface area contributed by atoms with Gasteiger partial charge in [-0.05, 0) is 37.0 Å². The Bertz CT molecular complexity index is 380. The Hall–Kier alpha value is -0.800. The van der Waals surface area contributed by atoms with Crippen LogP contribution in [-0.2, 0) is 0 Å². The lowest BCUT2D eigenvalue weighted by Crippen LogP contribution is -2.24. The number of hydrogen-bond donors (Lipinski definition) is 1. The van der Waals surface area contributed by atoms with Gasteiger partial charge in [0, 0.05) is 11.6 Å². The number of halogens is 2. The van der Waals surface area contributed by atoms with Gasteiger partial charge in [0.15, 0.2) is 0 Å². The molecule has 1 fully saturated rings. The third-order valence-corrected chi connectivity index (χ3v) is 3.71. The summed E-state index contributed by atoms with van der Waals surface area (Å²) in [5.41, 5.74) is 7.07. The van der Waals surface area contributed by atoms with Crippen molar-refractivity contribution in [2.45, 2.75) is 38.1 Å². The van der Waals surface area contributed by atoms with E-state index in [0.29, 0.717) is 11.7 Å².